The maximum Gasteiger partial charge on any atom is 0.255 e. The second kappa shape index (κ2) is 7.97. The Labute approximate surface area is 173 Å². The molecule has 6 heteroatoms. The van der Waals surface area contributed by atoms with Crippen molar-refractivity contribution in [2.75, 3.05) is 16.8 Å². The van der Waals surface area contributed by atoms with Crippen molar-refractivity contribution in [1.29, 1.82) is 0 Å². The summed E-state index contributed by atoms with van der Waals surface area (Å²) in [5.74, 6) is 1.01. The zero-order valence-corrected chi connectivity index (χ0v) is 16.6. The van der Waals surface area contributed by atoms with Crippen molar-refractivity contribution in [3.05, 3.63) is 82.9 Å². The van der Waals surface area contributed by atoms with Gasteiger partial charge in [0.1, 0.15) is 11.5 Å². The maximum absolute atomic E-state index is 12.6. The third-order valence-corrected chi connectivity index (χ3v) is 5.11. The topological polar surface area (TPSA) is 58.6 Å². The van der Waals surface area contributed by atoms with Gasteiger partial charge in [0.25, 0.3) is 5.91 Å². The Morgan fingerprint density at radius 3 is 2.52 bits per heavy atom. The molecule has 3 aromatic carbocycles. The largest absolute Gasteiger partial charge is 0.456 e. The summed E-state index contributed by atoms with van der Waals surface area (Å²) in [6.07, 6.45) is 0.754. The summed E-state index contributed by atoms with van der Waals surface area (Å²) in [7, 11) is 0. The van der Waals surface area contributed by atoms with Crippen molar-refractivity contribution in [1.82, 2.24) is 0 Å². The van der Waals surface area contributed by atoms with E-state index in [1.165, 1.54) is 0 Å². The summed E-state index contributed by atoms with van der Waals surface area (Å²) in [4.78, 5) is 26.0. The maximum atomic E-state index is 12.6. The molecule has 0 saturated carbocycles. The smallest absolute Gasteiger partial charge is 0.255 e. The SMILES string of the molecule is CC(=O)N1CCc2cc(C(=O)Nc3ccc(Oc4ccccc4Cl)cc3)ccc21. The van der Waals surface area contributed by atoms with Gasteiger partial charge < -0.3 is 15.0 Å². The van der Waals surface area contributed by atoms with E-state index in [1.807, 2.05) is 24.3 Å². The van der Waals surface area contributed by atoms with Gasteiger partial charge in [0.2, 0.25) is 5.91 Å². The molecule has 0 atom stereocenters. The molecule has 0 bridgehead atoms. The van der Waals surface area contributed by atoms with Crippen molar-refractivity contribution in [3.63, 3.8) is 0 Å². The van der Waals surface area contributed by atoms with Crippen molar-refractivity contribution in [2.45, 2.75) is 13.3 Å². The van der Waals surface area contributed by atoms with Crippen molar-refractivity contribution in [2.24, 2.45) is 0 Å². The van der Waals surface area contributed by atoms with E-state index in [0.29, 0.717) is 34.3 Å². The fourth-order valence-electron chi connectivity index (χ4n) is 3.33. The molecule has 146 valence electrons. The van der Waals surface area contributed by atoms with Crippen LogP contribution in [0.1, 0.15) is 22.8 Å². The first-order chi connectivity index (χ1) is 14.0. The Morgan fingerprint density at radius 2 is 1.79 bits per heavy atom. The number of hydrogen-bond donors (Lipinski definition) is 1. The quantitative estimate of drug-likeness (QED) is 0.640. The molecule has 0 fully saturated rings. The molecule has 0 saturated heterocycles. The van der Waals surface area contributed by atoms with Crippen LogP contribution in [-0.4, -0.2) is 18.4 Å². The lowest BCUT2D eigenvalue weighted by atomic mass is 10.1. The van der Waals surface area contributed by atoms with Crippen LogP contribution in [0.15, 0.2) is 66.7 Å². The van der Waals surface area contributed by atoms with Gasteiger partial charge in [-0.1, -0.05) is 23.7 Å². The summed E-state index contributed by atoms with van der Waals surface area (Å²) in [6, 6.07) is 19.7. The number of nitrogens with one attached hydrogen (secondary N) is 1. The van der Waals surface area contributed by atoms with Gasteiger partial charge in [-0.2, -0.15) is 0 Å². The number of fused-ring (bicyclic) bond motifs is 1. The molecule has 0 aromatic heterocycles. The molecule has 1 aliphatic heterocycles. The third-order valence-electron chi connectivity index (χ3n) is 4.79. The zero-order valence-electron chi connectivity index (χ0n) is 15.8. The number of hydrogen-bond acceptors (Lipinski definition) is 3. The Kier molecular flexibility index (Phi) is 5.23. The van der Waals surface area contributed by atoms with Gasteiger partial charge in [0.15, 0.2) is 0 Å². The van der Waals surface area contributed by atoms with E-state index in [4.69, 9.17) is 16.3 Å². The number of anilines is 2. The summed E-state index contributed by atoms with van der Waals surface area (Å²) >= 11 is 6.10. The van der Waals surface area contributed by atoms with E-state index in [1.54, 1.807) is 54.3 Å². The highest BCUT2D eigenvalue weighted by Gasteiger charge is 2.23. The minimum atomic E-state index is -0.200. The minimum absolute atomic E-state index is 0.0139. The Bertz CT molecular complexity index is 1080. The summed E-state index contributed by atoms with van der Waals surface area (Å²) in [5.41, 5.74) is 3.12. The van der Waals surface area contributed by atoms with Crippen LogP contribution in [0, 0.1) is 0 Å². The fourth-order valence-corrected chi connectivity index (χ4v) is 3.51. The van der Waals surface area contributed by atoms with Gasteiger partial charge in [0.05, 0.1) is 5.02 Å². The average molecular weight is 407 g/mol. The van der Waals surface area contributed by atoms with Gasteiger partial charge in [-0.25, -0.2) is 0 Å². The molecule has 29 heavy (non-hydrogen) atoms. The highest BCUT2D eigenvalue weighted by atomic mass is 35.5. The molecule has 1 heterocycles. The van der Waals surface area contributed by atoms with E-state index < -0.39 is 0 Å². The molecule has 1 aliphatic rings. The minimum Gasteiger partial charge on any atom is -0.456 e. The predicted octanol–water partition coefficient (Wildman–Crippen LogP) is 5.29. The lowest BCUT2D eigenvalue weighted by Gasteiger charge is -2.15. The van der Waals surface area contributed by atoms with Gasteiger partial charge in [0, 0.05) is 30.4 Å². The number of carbonyl (C=O) groups excluding carboxylic acids is 2. The van der Waals surface area contributed by atoms with Crippen LogP contribution in [0.4, 0.5) is 11.4 Å². The van der Waals surface area contributed by atoms with Crippen molar-refractivity contribution >= 4 is 34.8 Å². The lowest BCUT2D eigenvalue weighted by Crippen LogP contribution is -2.25. The normalized spacial score (nSPS) is 12.4. The molecule has 0 radical (unpaired) electrons. The molecule has 3 aromatic rings. The number of ether oxygens (including phenoxy) is 1. The predicted molar refractivity (Wildman–Crippen MR) is 114 cm³/mol. The standard InChI is InChI=1S/C23H19ClN2O3/c1-15(27)26-13-12-16-14-17(6-11-21(16)26)23(28)25-18-7-9-19(10-8-18)29-22-5-3-2-4-20(22)24/h2-11,14H,12-13H2,1H3,(H,25,28). The molecule has 0 aliphatic carbocycles. The van der Waals surface area contributed by atoms with E-state index in [2.05, 4.69) is 5.32 Å². The Hall–Kier alpha value is -3.31. The number of halogens is 1. The Balaban J connectivity index is 1.44. The molecular weight excluding hydrogens is 388 g/mol. The van der Waals surface area contributed by atoms with Crippen LogP contribution in [0.3, 0.4) is 0 Å². The van der Waals surface area contributed by atoms with Crippen LogP contribution >= 0.6 is 11.6 Å². The zero-order chi connectivity index (χ0) is 20.4. The highest BCUT2D eigenvalue weighted by Crippen LogP contribution is 2.30. The van der Waals surface area contributed by atoms with Gasteiger partial charge in [-0.15, -0.1) is 0 Å². The second-order valence-corrected chi connectivity index (χ2v) is 7.18. The number of nitrogens with zero attached hydrogens (tertiary/aromatic N) is 1. The summed E-state index contributed by atoms with van der Waals surface area (Å²) < 4.78 is 5.76. The van der Waals surface area contributed by atoms with E-state index in [9.17, 15) is 9.59 Å². The second-order valence-electron chi connectivity index (χ2n) is 6.78. The first-order valence-corrected chi connectivity index (χ1v) is 9.64. The van der Waals surface area contributed by atoms with Crippen LogP contribution in [0.2, 0.25) is 5.02 Å². The van der Waals surface area contributed by atoms with Crippen LogP contribution in [0.25, 0.3) is 0 Å². The van der Waals surface area contributed by atoms with Crippen molar-refractivity contribution in [3.8, 4) is 11.5 Å². The van der Waals surface area contributed by atoms with Gasteiger partial charge in [-0.3, -0.25) is 9.59 Å². The molecule has 0 unspecified atom stereocenters. The lowest BCUT2D eigenvalue weighted by molar-refractivity contribution is -0.116. The van der Waals surface area contributed by atoms with E-state index in [0.717, 1.165) is 17.7 Å². The number of para-hydroxylation sites is 1. The van der Waals surface area contributed by atoms with Crippen LogP contribution in [0.5, 0.6) is 11.5 Å². The first kappa shape index (κ1) is 19.0. The molecule has 2 amide bonds. The number of rotatable bonds is 4. The van der Waals surface area contributed by atoms with Crippen LogP contribution < -0.4 is 15.0 Å². The molecule has 0 spiro atoms. The number of carbonyl (C=O) groups is 2. The molecule has 1 N–H and O–H groups in total. The average Bonchev–Trinajstić information content (AvgIpc) is 3.14. The number of amides is 2. The molecular formula is C23H19ClN2O3. The number of benzene rings is 3. The monoisotopic (exact) mass is 406 g/mol. The third kappa shape index (κ3) is 4.10. The summed E-state index contributed by atoms with van der Waals surface area (Å²) in [5, 5.41) is 3.42. The van der Waals surface area contributed by atoms with Crippen molar-refractivity contribution < 1.29 is 14.3 Å². The first-order valence-electron chi connectivity index (χ1n) is 9.26. The van der Waals surface area contributed by atoms with Gasteiger partial charge >= 0.3 is 0 Å². The van der Waals surface area contributed by atoms with Gasteiger partial charge in [-0.05, 0) is 66.6 Å². The molecule has 5 nitrogen and oxygen atoms in total. The molecule has 4 rings (SSSR count). The highest BCUT2D eigenvalue weighted by molar-refractivity contribution is 6.32. The van der Waals surface area contributed by atoms with Crippen LogP contribution in [-0.2, 0) is 11.2 Å². The summed E-state index contributed by atoms with van der Waals surface area (Å²) in [6.45, 7) is 2.21. The fraction of sp³-hybridized carbons (Fsp3) is 0.130. The van der Waals surface area contributed by atoms with E-state index >= 15 is 0 Å². The van der Waals surface area contributed by atoms with E-state index in [-0.39, 0.29) is 11.8 Å². The Morgan fingerprint density at radius 1 is 1.03 bits per heavy atom.